The lowest BCUT2D eigenvalue weighted by atomic mass is 10.1. The maximum Gasteiger partial charge on any atom is 0.305 e. The standard InChI is InChI=1S/C17H16O4/c1-20-17(19)11-10-16(18)13-6-5-9-15(12-13)21-14-7-3-2-4-8-14/h2-9,12H,10-11H2,1H3. The second-order valence-electron chi connectivity index (χ2n) is 4.44. The fourth-order valence-electron chi connectivity index (χ4n) is 1.82. The summed E-state index contributed by atoms with van der Waals surface area (Å²) >= 11 is 0. The van der Waals surface area contributed by atoms with Crippen LogP contribution >= 0.6 is 0 Å². The molecule has 0 aliphatic rings. The van der Waals surface area contributed by atoms with Crippen molar-refractivity contribution in [3.8, 4) is 11.5 Å². The molecule has 0 N–H and O–H groups in total. The minimum Gasteiger partial charge on any atom is -0.469 e. The van der Waals surface area contributed by atoms with Gasteiger partial charge in [0.2, 0.25) is 0 Å². The summed E-state index contributed by atoms with van der Waals surface area (Å²) in [6, 6.07) is 16.2. The van der Waals surface area contributed by atoms with Crippen LogP contribution in [0, 0.1) is 0 Å². The van der Waals surface area contributed by atoms with E-state index in [1.807, 2.05) is 30.3 Å². The van der Waals surface area contributed by atoms with Crippen molar-refractivity contribution in [1.82, 2.24) is 0 Å². The lowest BCUT2D eigenvalue weighted by Gasteiger charge is -2.07. The maximum atomic E-state index is 12.0. The monoisotopic (exact) mass is 284 g/mol. The smallest absolute Gasteiger partial charge is 0.305 e. The predicted molar refractivity (Wildman–Crippen MR) is 78.5 cm³/mol. The Hall–Kier alpha value is -2.62. The topological polar surface area (TPSA) is 52.6 Å². The number of rotatable bonds is 6. The summed E-state index contributed by atoms with van der Waals surface area (Å²) in [5.41, 5.74) is 0.521. The zero-order chi connectivity index (χ0) is 15.1. The van der Waals surface area contributed by atoms with Crippen molar-refractivity contribution in [2.75, 3.05) is 7.11 Å². The van der Waals surface area contributed by atoms with Crippen LogP contribution in [0.5, 0.6) is 11.5 Å². The van der Waals surface area contributed by atoms with Crippen LogP contribution in [0.15, 0.2) is 54.6 Å². The van der Waals surface area contributed by atoms with Crippen LogP contribution in [0.3, 0.4) is 0 Å². The summed E-state index contributed by atoms with van der Waals surface area (Å²) in [6.07, 6.45) is 0.209. The molecule has 108 valence electrons. The van der Waals surface area contributed by atoms with Crippen molar-refractivity contribution < 1.29 is 19.1 Å². The predicted octanol–water partition coefficient (Wildman–Crippen LogP) is 3.61. The summed E-state index contributed by atoms with van der Waals surface area (Å²) in [6.45, 7) is 0. The van der Waals surface area contributed by atoms with Gasteiger partial charge in [0.05, 0.1) is 13.5 Å². The first-order valence-corrected chi connectivity index (χ1v) is 6.62. The van der Waals surface area contributed by atoms with Crippen LogP contribution in [0.1, 0.15) is 23.2 Å². The number of para-hydroxylation sites is 1. The van der Waals surface area contributed by atoms with Crippen LogP contribution in [-0.2, 0) is 9.53 Å². The van der Waals surface area contributed by atoms with E-state index >= 15 is 0 Å². The first kappa shape index (κ1) is 14.8. The summed E-state index contributed by atoms with van der Waals surface area (Å²) in [5, 5.41) is 0. The summed E-state index contributed by atoms with van der Waals surface area (Å²) < 4.78 is 10.2. The van der Waals surface area contributed by atoms with Crippen molar-refractivity contribution in [1.29, 1.82) is 0 Å². The van der Waals surface area contributed by atoms with E-state index in [0.29, 0.717) is 17.1 Å². The second kappa shape index (κ2) is 7.24. The molecular weight excluding hydrogens is 268 g/mol. The molecule has 0 heterocycles. The van der Waals surface area contributed by atoms with Gasteiger partial charge in [-0.2, -0.15) is 0 Å². The Morgan fingerprint density at radius 1 is 0.905 bits per heavy atom. The maximum absolute atomic E-state index is 12.0. The number of ether oxygens (including phenoxy) is 2. The first-order chi connectivity index (χ1) is 10.2. The van der Waals surface area contributed by atoms with E-state index in [1.165, 1.54) is 7.11 Å². The number of esters is 1. The van der Waals surface area contributed by atoms with E-state index < -0.39 is 0 Å². The highest BCUT2D eigenvalue weighted by Gasteiger charge is 2.10. The molecule has 2 aromatic carbocycles. The average molecular weight is 284 g/mol. The van der Waals surface area contributed by atoms with Crippen molar-refractivity contribution in [3.63, 3.8) is 0 Å². The summed E-state index contributed by atoms with van der Waals surface area (Å²) in [5.74, 6) is 0.792. The average Bonchev–Trinajstić information content (AvgIpc) is 2.53. The summed E-state index contributed by atoms with van der Waals surface area (Å²) in [7, 11) is 1.31. The molecule has 21 heavy (non-hydrogen) atoms. The molecule has 0 saturated carbocycles. The number of hydrogen-bond acceptors (Lipinski definition) is 4. The lowest BCUT2D eigenvalue weighted by Crippen LogP contribution is -2.06. The third-order valence-corrected chi connectivity index (χ3v) is 2.92. The van der Waals surface area contributed by atoms with Gasteiger partial charge in [-0.05, 0) is 24.3 Å². The molecule has 0 spiro atoms. The van der Waals surface area contributed by atoms with Gasteiger partial charge in [0.15, 0.2) is 5.78 Å². The zero-order valence-corrected chi connectivity index (χ0v) is 11.7. The van der Waals surface area contributed by atoms with Crippen LogP contribution in [0.2, 0.25) is 0 Å². The molecule has 4 nitrogen and oxygen atoms in total. The quantitative estimate of drug-likeness (QED) is 0.600. The number of hydrogen-bond donors (Lipinski definition) is 0. The van der Waals surface area contributed by atoms with Crippen molar-refractivity contribution in [3.05, 3.63) is 60.2 Å². The number of benzene rings is 2. The van der Waals surface area contributed by atoms with E-state index in [9.17, 15) is 9.59 Å². The Morgan fingerprint density at radius 3 is 2.33 bits per heavy atom. The Labute approximate surface area is 123 Å². The fraction of sp³-hybridized carbons (Fsp3) is 0.176. The van der Waals surface area contributed by atoms with Gasteiger partial charge in [-0.15, -0.1) is 0 Å². The van der Waals surface area contributed by atoms with Crippen LogP contribution in [0.4, 0.5) is 0 Å². The normalized spacial score (nSPS) is 9.95. The minimum atomic E-state index is -0.389. The van der Waals surface area contributed by atoms with E-state index in [-0.39, 0.29) is 24.6 Å². The highest BCUT2D eigenvalue weighted by molar-refractivity contribution is 5.97. The molecule has 0 atom stereocenters. The molecule has 0 fully saturated rings. The van der Waals surface area contributed by atoms with Gasteiger partial charge in [-0.3, -0.25) is 9.59 Å². The molecule has 0 saturated heterocycles. The van der Waals surface area contributed by atoms with Gasteiger partial charge in [-0.1, -0.05) is 30.3 Å². The Morgan fingerprint density at radius 2 is 1.62 bits per heavy atom. The third kappa shape index (κ3) is 4.45. The molecule has 0 aliphatic carbocycles. The lowest BCUT2D eigenvalue weighted by molar-refractivity contribution is -0.140. The van der Waals surface area contributed by atoms with Crippen molar-refractivity contribution in [2.45, 2.75) is 12.8 Å². The summed E-state index contributed by atoms with van der Waals surface area (Å²) in [4.78, 5) is 23.1. The van der Waals surface area contributed by atoms with E-state index in [4.69, 9.17) is 4.74 Å². The number of carbonyl (C=O) groups excluding carboxylic acids is 2. The Kier molecular flexibility index (Phi) is 5.10. The molecule has 4 heteroatoms. The van der Waals surface area contributed by atoms with Gasteiger partial charge in [0.1, 0.15) is 11.5 Å². The number of methoxy groups -OCH3 is 1. The van der Waals surface area contributed by atoms with Crippen molar-refractivity contribution in [2.24, 2.45) is 0 Å². The minimum absolute atomic E-state index is 0.0824. The van der Waals surface area contributed by atoms with Crippen LogP contribution < -0.4 is 4.74 Å². The largest absolute Gasteiger partial charge is 0.469 e. The molecule has 0 amide bonds. The van der Waals surface area contributed by atoms with Crippen molar-refractivity contribution >= 4 is 11.8 Å². The Balaban J connectivity index is 2.03. The van der Waals surface area contributed by atoms with Gasteiger partial charge in [0, 0.05) is 12.0 Å². The van der Waals surface area contributed by atoms with Gasteiger partial charge >= 0.3 is 5.97 Å². The van der Waals surface area contributed by atoms with Gasteiger partial charge in [0.25, 0.3) is 0 Å². The van der Waals surface area contributed by atoms with E-state index in [2.05, 4.69) is 4.74 Å². The molecule has 2 aromatic rings. The molecule has 0 unspecified atom stereocenters. The number of Topliss-reactive ketones (excluding diaryl/α,β-unsaturated/α-hetero) is 1. The second-order valence-corrected chi connectivity index (χ2v) is 4.44. The molecule has 0 aromatic heterocycles. The third-order valence-electron chi connectivity index (χ3n) is 2.92. The number of carbonyl (C=O) groups is 2. The van der Waals surface area contributed by atoms with Crippen LogP contribution in [0.25, 0.3) is 0 Å². The molecular formula is C17H16O4. The SMILES string of the molecule is COC(=O)CCC(=O)c1cccc(Oc2ccccc2)c1. The first-order valence-electron chi connectivity index (χ1n) is 6.62. The van der Waals surface area contributed by atoms with E-state index in [1.54, 1.807) is 24.3 Å². The fourth-order valence-corrected chi connectivity index (χ4v) is 1.82. The highest BCUT2D eigenvalue weighted by atomic mass is 16.5. The molecule has 0 bridgehead atoms. The molecule has 0 aliphatic heterocycles. The van der Waals surface area contributed by atoms with Gasteiger partial charge in [-0.25, -0.2) is 0 Å². The molecule has 0 radical (unpaired) electrons. The molecule has 2 rings (SSSR count). The van der Waals surface area contributed by atoms with E-state index in [0.717, 1.165) is 0 Å². The Bertz CT molecular complexity index is 620. The zero-order valence-electron chi connectivity index (χ0n) is 11.7. The van der Waals surface area contributed by atoms with Crippen LogP contribution in [-0.4, -0.2) is 18.9 Å². The number of ketones is 1. The van der Waals surface area contributed by atoms with Gasteiger partial charge < -0.3 is 9.47 Å². The highest BCUT2D eigenvalue weighted by Crippen LogP contribution is 2.22.